The van der Waals surface area contributed by atoms with Gasteiger partial charge in [-0.3, -0.25) is 4.79 Å². The molecule has 2 aliphatic rings. The van der Waals surface area contributed by atoms with E-state index in [4.69, 9.17) is 9.47 Å². The molecule has 1 saturated carbocycles. The topological polar surface area (TPSA) is 105 Å². The zero-order chi connectivity index (χ0) is 23.6. The number of hydrogen-bond acceptors (Lipinski definition) is 5. The van der Waals surface area contributed by atoms with Crippen LogP contribution < -0.4 is 5.32 Å². The second-order valence-electron chi connectivity index (χ2n) is 8.57. The van der Waals surface area contributed by atoms with Gasteiger partial charge in [0.25, 0.3) is 0 Å². The van der Waals surface area contributed by atoms with Gasteiger partial charge in [-0.15, -0.1) is 0 Å². The Bertz CT molecular complexity index is 1020. The molecule has 2 amide bonds. The van der Waals surface area contributed by atoms with Crippen molar-refractivity contribution >= 4 is 18.0 Å². The van der Waals surface area contributed by atoms with Gasteiger partial charge in [0.1, 0.15) is 18.2 Å². The van der Waals surface area contributed by atoms with E-state index in [2.05, 4.69) is 17.4 Å². The van der Waals surface area contributed by atoms with Gasteiger partial charge in [0.05, 0.1) is 6.61 Å². The zero-order valence-electron chi connectivity index (χ0n) is 18.7. The van der Waals surface area contributed by atoms with Crippen LogP contribution in [0, 0.1) is 0 Å². The summed E-state index contributed by atoms with van der Waals surface area (Å²) in [4.78, 5) is 38.6. The lowest BCUT2D eigenvalue weighted by atomic mass is 9.75. The average Bonchev–Trinajstić information content (AvgIpc) is 3.09. The Morgan fingerprint density at radius 1 is 1.09 bits per heavy atom. The van der Waals surface area contributed by atoms with E-state index in [1.165, 1.54) is 19.1 Å². The third-order valence-electron chi connectivity index (χ3n) is 6.82. The van der Waals surface area contributed by atoms with Crippen LogP contribution in [-0.2, 0) is 19.1 Å². The Kier molecular flexibility index (Phi) is 6.37. The molecule has 2 aromatic rings. The molecule has 4 rings (SSSR count). The first-order chi connectivity index (χ1) is 15.9. The number of carbonyl (C=O) groups is 3. The molecule has 0 spiro atoms. The van der Waals surface area contributed by atoms with E-state index in [9.17, 15) is 19.5 Å². The monoisotopic (exact) mass is 452 g/mol. The number of aliphatic carboxylic acids is 1. The number of likely N-dealkylation sites (N-methyl/N-ethyl adjacent to an activating group) is 1. The SMILES string of the molecule is COCC(NC(=O)OCC1c2ccccc2-c2ccccc21)C(=O)N(C)C1(C(=O)O)CCC1. The summed E-state index contributed by atoms with van der Waals surface area (Å²) in [5.41, 5.74) is 3.19. The van der Waals surface area contributed by atoms with Crippen LogP contribution in [0.2, 0.25) is 0 Å². The highest BCUT2D eigenvalue weighted by Gasteiger charge is 2.51. The highest BCUT2D eigenvalue weighted by molar-refractivity contribution is 5.92. The van der Waals surface area contributed by atoms with Crippen molar-refractivity contribution in [1.29, 1.82) is 0 Å². The maximum atomic E-state index is 13.0. The molecule has 8 nitrogen and oxygen atoms in total. The number of hydrogen-bond donors (Lipinski definition) is 2. The number of carboxylic acids is 1. The third kappa shape index (κ3) is 4.06. The molecular formula is C25H28N2O6. The molecule has 2 N–H and O–H groups in total. The van der Waals surface area contributed by atoms with Gasteiger partial charge >= 0.3 is 12.1 Å². The molecule has 0 aromatic heterocycles. The number of alkyl carbamates (subject to hydrolysis) is 1. The van der Waals surface area contributed by atoms with E-state index in [1.807, 2.05) is 36.4 Å². The minimum absolute atomic E-state index is 0.0942. The van der Waals surface area contributed by atoms with Gasteiger partial charge in [0, 0.05) is 20.1 Å². The number of carboxylic acid groups (broad SMARTS) is 1. The summed E-state index contributed by atoms with van der Waals surface area (Å²) in [6, 6.07) is 15.0. The highest BCUT2D eigenvalue weighted by Crippen LogP contribution is 2.44. The zero-order valence-corrected chi connectivity index (χ0v) is 18.7. The Balaban J connectivity index is 1.43. The van der Waals surface area contributed by atoms with Gasteiger partial charge in [0.15, 0.2) is 0 Å². The lowest BCUT2D eigenvalue weighted by Gasteiger charge is -2.45. The molecule has 0 aliphatic heterocycles. The van der Waals surface area contributed by atoms with Gasteiger partial charge in [-0.05, 0) is 41.5 Å². The van der Waals surface area contributed by atoms with Crippen LogP contribution in [0.3, 0.4) is 0 Å². The normalized spacial score (nSPS) is 16.7. The summed E-state index contributed by atoms with van der Waals surface area (Å²) in [6.07, 6.45) is 0.752. The molecule has 1 fully saturated rings. The number of nitrogens with one attached hydrogen (secondary N) is 1. The summed E-state index contributed by atoms with van der Waals surface area (Å²) in [5, 5.41) is 12.2. The first kappa shape index (κ1) is 22.8. The lowest BCUT2D eigenvalue weighted by molar-refractivity contribution is -0.165. The molecule has 1 unspecified atom stereocenters. The number of ether oxygens (including phenoxy) is 2. The predicted molar refractivity (Wildman–Crippen MR) is 121 cm³/mol. The molecular weight excluding hydrogens is 424 g/mol. The first-order valence-corrected chi connectivity index (χ1v) is 11.0. The van der Waals surface area contributed by atoms with Crippen LogP contribution in [0.4, 0.5) is 4.79 Å². The van der Waals surface area contributed by atoms with Crippen molar-refractivity contribution in [3.05, 3.63) is 59.7 Å². The fraction of sp³-hybridized carbons (Fsp3) is 0.400. The standard InChI is InChI=1S/C25H28N2O6/c1-27(25(23(29)30)12-7-13-25)22(28)21(15-32-2)26-24(31)33-14-20-18-10-5-3-8-16(18)17-9-4-6-11-19(17)20/h3-6,8-11,20-21H,7,12-15H2,1-2H3,(H,26,31)(H,29,30). The average molecular weight is 453 g/mol. The smallest absolute Gasteiger partial charge is 0.407 e. The largest absolute Gasteiger partial charge is 0.479 e. The lowest BCUT2D eigenvalue weighted by Crippen LogP contribution is -2.63. The minimum atomic E-state index is -1.23. The van der Waals surface area contributed by atoms with Crippen molar-refractivity contribution in [3.8, 4) is 11.1 Å². The number of amides is 2. The van der Waals surface area contributed by atoms with E-state index < -0.39 is 29.6 Å². The van der Waals surface area contributed by atoms with Gasteiger partial charge in [-0.2, -0.15) is 0 Å². The number of rotatable bonds is 8. The quantitative estimate of drug-likeness (QED) is 0.638. The molecule has 33 heavy (non-hydrogen) atoms. The van der Waals surface area contributed by atoms with Crippen LogP contribution in [0.15, 0.2) is 48.5 Å². The Morgan fingerprint density at radius 3 is 2.15 bits per heavy atom. The Morgan fingerprint density at radius 2 is 1.67 bits per heavy atom. The van der Waals surface area contributed by atoms with Crippen LogP contribution in [-0.4, -0.2) is 66.9 Å². The summed E-state index contributed by atoms with van der Waals surface area (Å²) in [5.74, 6) is -1.66. The van der Waals surface area contributed by atoms with Gasteiger partial charge in [-0.1, -0.05) is 48.5 Å². The summed E-state index contributed by atoms with van der Waals surface area (Å²) in [6.45, 7) is 0.0196. The molecule has 2 aromatic carbocycles. The number of carbonyl (C=O) groups excluding carboxylic acids is 2. The van der Waals surface area contributed by atoms with Crippen LogP contribution >= 0.6 is 0 Å². The second kappa shape index (κ2) is 9.23. The maximum absolute atomic E-state index is 13.0. The summed E-state index contributed by atoms with van der Waals surface area (Å²) < 4.78 is 10.6. The summed E-state index contributed by atoms with van der Waals surface area (Å²) >= 11 is 0. The molecule has 0 heterocycles. The maximum Gasteiger partial charge on any atom is 0.407 e. The molecule has 2 aliphatic carbocycles. The molecule has 0 radical (unpaired) electrons. The number of fused-ring (bicyclic) bond motifs is 3. The Labute approximate surface area is 192 Å². The van der Waals surface area contributed by atoms with Crippen LogP contribution in [0.25, 0.3) is 11.1 Å². The van der Waals surface area contributed by atoms with Crippen LogP contribution in [0.1, 0.15) is 36.3 Å². The van der Waals surface area contributed by atoms with E-state index in [-0.39, 0.29) is 19.1 Å². The van der Waals surface area contributed by atoms with E-state index in [0.717, 1.165) is 28.7 Å². The van der Waals surface area contributed by atoms with Crippen molar-refractivity contribution in [1.82, 2.24) is 10.2 Å². The second-order valence-corrected chi connectivity index (χ2v) is 8.57. The molecule has 0 saturated heterocycles. The summed E-state index contributed by atoms with van der Waals surface area (Å²) in [7, 11) is 2.87. The van der Waals surface area contributed by atoms with Gasteiger partial charge < -0.3 is 24.8 Å². The van der Waals surface area contributed by atoms with Crippen molar-refractivity contribution in [2.24, 2.45) is 0 Å². The molecule has 8 heteroatoms. The molecule has 1 atom stereocenters. The van der Waals surface area contributed by atoms with Gasteiger partial charge in [0.2, 0.25) is 5.91 Å². The number of nitrogens with zero attached hydrogens (tertiary/aromatic N) is 1. The van der Waals surface area contributed by atoms with Crippen molar-refractivity contribution in [2.45, 2.75) is 36.8 Å². The fourth-order valence-corrected chi connectivity index (χ4v) is 4.77. The predicted octanol–water partition coefficient (Wildman–Crippen LogP) is 3.01. The fourth-order valence-electron chi connectivity index (χ4n) is 4.77. The highest BCUT2D eigenvalue weighted by atomic mass is 16.5. The minimum Gasteiger partial charge on any atom is -0.479 e. The molecule has 0 bridgehead atoms. The molecule has 174 valence electrons. The van der Waals surface area contributed by atoms with Crippen LogP contribution in [0.5, 0.6) is 0 Å². The van der Waals surface area contributed by atoms with E-state index in [0.29, 0.717) is 12.8 Å². The number of benzene rings is 2. The van der Waals surface area contributed by atoms with Crippen molar-refractivity contribution in [3.63, 3.8) is 0 Å². The van der Waals surface area contributed by atoms with E-state index in [1.54, 1.807) is 0 Å². The first-order valence-electron chi connectivity index (χ1n) is 11.0. The van der Waals surface area contributed by atoms with Crippen molar-refractivity contribution < 1.29 is 29.0 Å². The van der Waals surface area contributed by atoms with Gasteiger partial charge in [-0.25, -0.2) is 9.59 Å². The number of methoxy groups -OCH3 is 1. The third-order valence-corrected chi connectivity index (χ3v) is 6.82. The Hall–Kier alpha value is -3.39. The van der Waals surface area contributed by atoms with Crippen molar-refractivity contribution in [2.75, 3.05) is 27.4 Å². The van der Waals surface area contributed by atoms with E-state index >= 15 is 0 Å².